The molecule has 1 saturated heterocycles. The van der Waals surface area contributed by atoms with Gasteiger partial charge in [0, 0.05) is 30.0 Å². The number of aromatic nitrogens is 2. The van der Waals surface area contributed by atoms with E-state index in [4.69, 9.17) is 14.2 Å². The highest BCUT2D eigenvalue weighted by atomic mass is 16.7. The normalized spacial score (nSPS) is 18.8. The molecule has 1 aromatic heterocycles. The van der Waals surface area contributed by atoms with E-state index in [1.807, 2.05) is 17.9 Å². The Hall–Kier alpha value is -2.67. The molecule has 1 aromatic carbocycles. The van der Waals surface area contributed by atoms with E-state index in [0.29, 0.717) is 36.8 Å². The maximum absolute atomic E-state index is 12.8. The molecule has 0 radical (unpaired) electrons. The van der Waals surface area contributed by atoms with Gasteiger partial charge in [-0.25, -0.2) is 9.97 Å². The van der Waals surface area contributed by atoms with Crippen LogP contribution in [0.15, 0.2) is 30.6 Å². The van der Waals surface area contributed by atoms with Crippen LogP contribution in [0.25, 0.3) is 0 Å². The Labute approximate surface area is 151 Å². The van der Waals surface area contributed by atoms with Crippen molar-refractivity contribution in [3.8, 4) is 11.5 Å². The summed E-state index contributed by atoms with van der Waals surface area (Å²) in [5.74, 6) is 1.30. The fourth-order valence-electron chi connectivity index (χ4n) is 3.25. The summed E-state index contributed by atoms with van der Waals surface area (Å²) >= 11 is 0. The van der Waals surface area contributed by atoms with Crippen molar-refractivity contribution in [3.05, 3.63) is 47.5 Å². The maximum atomic E-state index is 12.8. The van der Waals surface area contributed by atoms with Crippen LogP contribution in [-0.2, 0) is 11.2 Å². The molecule has 0 N–H and O–H groups in total. The van der Waals surface area contributed by atoms with E-state index in [-0.39, 0.29) is 18.8 Å². The molecule has 1 fully saturated rings. The second-order valence-electron chi connectivity index (χ2n) is 6.50. The Morgan fingerprint density at radius 1 is 1.23 bits per heavy atom. The fourth-order valence-corrected chi connectivity index (χ4v) is 3.25. The molecule has 26 heavy (non-hydrogen) atoms. The lowest BCUT2D eigenvalue weighted by Gasteiger charge is -2.33. The van der Waals surface area contributed by atoms with Gasteiger partial charge in [-0.15, -0.1) is 0 Å². The lowest BCUT2D eigenvalue weighted by atomic mass is 10.1. The van der Waals surface area contributed by atoms with Gasteiger partial charge in [0.15, 0.2) is 11.5 Å². The van der Waals surface area contributed by atoms with E-state index in [2.05, 4.69) is 9.97 Å². The van der Waals surface area contributed by atoms with Crippen molar-refractivity contribution in [1.29, 1.82) is 0 Å². The van der Waals surface area contributed by atoms with Crippen molar-refractivity contribution in [1.82, 2.24) is 14.9 Å². The standard InChI is InChI=1S/C19H21N3O4/c1-13-8-15(21-11-20-13)3-4-16-10-22(6-7-24-16)19(23)14-2-5-17-18(9-14)26-12-25-17/h2,5,8-9,11,16H,3-4,6-7,10,12H2,1H3/t16-/m1/s1. The lowest BCUT2D eigenvalue weighted by molar-refractivity contribution is -0.0247. The van der Waals surface area contributed by atoms with Crippen LogP contribution < -0.4 is 9.47 Å². The number of amides is 1. The molecule has 2 aliphatic rings. The molecule has 2 aliphatic heterocycles. The summed E-state index contributed by atoms with van der Waals surface area (Å²) in [5, 5.41) is 0. The molecule has 2 aromatic rings. The lowest BCUT2D eigenvalue weighted by Crippen LogP contribution is -2.45. The smallest absolute Gasteiger partial charge is 0.254 e. The molecule has 7 nitrogen and oxygen atoms in total. The number of hydrogen-bond donors (Lipinski definition) is 0. The predicted octanol–water partition coefficient (Wildman–Crippen LogP) is 1.99. The Balaban J connectivity index is 1.37. The van der Waals surface area contributed by atoms with Crippen molar-refractivity contribution in [2.75, 3.05) is 26.5 Å². The quantitative estimate of drug-likeness (QED) is 0.835. The first kappa shape index (κ1) is 16.8. The number of carbonyl (C=O) groups is 1. The molecule has 0 aliphatic carbocycles. The van der Waals surface area contributed by atoms with Crippen LogP contribution in [-0.4, -0.2) is 53.4 Å². The van der Waals surface area contributed by atoms with E-state index in [9.17, 15) is 4.79 Å². The van der Waals surface area contributed by atoms with Gasteiger partial charge < -0.3 is 19.1 Å². The number of benzene rings is 1. The first-order valence-electron chi connectivity index (χ1n) is 8.77. The Morgan fingerprint density at radius 2 is 2.12 bits per heavy atom. The van der Waals surface area contributed by atoms with Crippen molar-refractivity contribution < 1.29 is 19.0 Å². The number of nitrogens with zero attached hydrogens (tertiary/aromatic N) is 3. The van der Waals surface area contributed by atoms with Gasteiger partial charge in [0.05, 0.1) is 12.7 Å². The Morgan fingerprint density at radius 3 is 3.00 bits per heavy atom. The summed E-state index contributed by atoms with van der Waals surface area (Å²) < 4.78 is 16.5. The van der Waals surface area contributed by atoms with Gasteiger partial charge in [-0.1, -0.05) is 0 Å². The number of hydrogen-bond acceptors (Lipinski definition) is 6. The van der Waals surface area contributed by atoms with Crippen molar-refractivity contribution >= 4 is 5.91 Å². The first-order chi connectivity index (χ1) is 12.7. The van der Waals surface area contributed by atoms with Crippen LogP contribution in [0.3, 0.4) is 0 Å². The second-order valence-corrected chi connectivity index (χ2v) is 6.50. The predicted molar refractivity (Wildman–Crippen MR) is 93.3 cm³/mol. The summed E-state index contributed by atoms with van der Waals surface area (Å²) in [6.07, 6.45) is 3.22. The highest BCUT2D eigenvalue weighted by molar-refractivity contribution is 5.95. The molecule has 0 bridgehead atoms. The largest absolute Gasteiger partial charge is 0.454 e. The number of fused-ring (bicyclic) bond motifs is 1. The summed E-state index contributed by atoms with van der Waals surface area (Å²) in [5.41, 5.74) is 2.57. The van der Waals surface area contributed by atoms with Gasteiger partial charge in [-0.3, -0.25) is 4.79 Å². The molecule has 7 heteroatoms. The molecule has 136 valence electrons. The van der Waals surface area contributed by atoms with Crippen LogP contribution in [0.2, 0.25) is 0 Å². The van der Waals surface area contributed by atoms with Crippen LogP contribution >= 0.6 is 0 Å². The zero-order valence-electron chi connectivity index (χ0n) is 14.7. The zero-order valence-corrected chi connectivity index (χ0v) is 14.7. The number of rotatable bonds is 4. The SMILES string of the molecule is Cc1cc(CC[C@@H]2CN(C(=O)c3ccc4c(c3)OCO4)CCO2)ncn1. The highest BCUT2D eigenvalue weighted by Crippen LogP contribution is 2.33. The van der Waals surface area contributed by atoms with Gasteiger partial charge in [-0.2, -0.15) is 0 Å². The molecular weight excluding hydrogens is 334 g/mol. The van der Waals surface area contributed by atoms with Crippen LogP contribution in [0.1, 0.15) is 28.2 Å². The van der Waals surface area contributed by atoms with Gasteiger partial charge in [-0.05, 0) is 44.0 Å². The topological polar surface area (TPSA) is 73.8 Å². The summed E-state index contributed by atoms with van der Waals surface area (Å²) in [6.45, 7) is 3.88. The fraction of sp³-hybridized carbons (Fsp3) is 0.421. The first-order valence-corrected chi connectivity index (χ1v) is 8.77. The third-order valence-corrected chi connectivity index (χ3v) is 4.63. The van der Waals surface area contributed by atoms with Crippen molar-refractivity contribution in [2.24, 2.45) is 0 Å². The number of morpholine rings is 1. The van der Waals surface area contributed by atoms with E-state index in [0.717, 1.165) is 24.2 Å². The minimum atomic E-state index is -0.00511. The van der Waals surface area contributed by atoms with E-state index in [1.165, 1.54) is 0 Å². The zero-order chi connectivity index (χ0) is 17.9. The molecule has 1 atom stereocenters. The van der Waals surface area contributed by atoms with Gasteiger partial charge in [0.25, 0.3) is 5.91 Å². The average molecular weight is 355 g/mol. The number of ether oxygens (including phenoxy) is 3. The molecule has 3 heterocycles. The summed E-state index contributed by atoms with van der Waals surface area (Å²) in [7, 11) is 0. The number of carbonyl (C=O) groups excluding carboxylic acids is 1. The molecule has 1 amide bonds. The minimum absolute atomic E-state index is 0.00511. The van der Waals surface area contributed by atoms with Crippen LogP contribution in [0.4, 0.5) is 0 Å². The van der Waals surface area contributed by atoms with E-state index >= 15 is 0 Å². The third kappa shape index (κ3) is 3.62. The molecule has 0 spiro atoms. The van der Waals surface area contributed by atoms with Gasteiger partial charge in [0.2, 0.25) is 6.79 Å². The maximum Gasteiger partial charge on any atom is 0.254 e. The minimum Gasteiger partial charge on any atom is -0.454 e. The monoisotopic (exact) mass is 355 g/mol. The van der Waals surface area contributed by atoms with Gasteiger partial charge >= 0.3 is 0 Å². The Bertz CT molecular complexity index is 811. The molecule has 0 saturated carbocycles. The molecule has 0 unspecified atom stereocenters. The number of aryl methyl sites for hydroxylation is 2. The van der Waals surface area contributed by atoms with Crippen LogP contribution in [0, 0.1) is 6.92 Å². The Kier molecular flexibility index (Phi) is 4.71. The van der Waals surface area contributed by atoms with Gasteiger partial charge in [0.1, 0.15) is 6.33 Å². The second kappa shape index (κ2) is 7.29. The van der Waals surface area contributed by atoms with E-state index in [1.54, 1.807) is 24.5 Å². The van der Waals surface area contributed by atoms with Crippen LogP contribution in [0.5, 0.6) is 11.5 Å². The van der Waals surface area contributed by atoms with Crippen molar-refractivity contribution in [3.63, 3.8) is 0 Å². The third-order valence-electron chi connectivity index (χ3n) is 4.63. The average Bonchev–Trinajstić information content (AvgIpc) is 3.14. The van der Waals surface area contributed by atoms with Crippen molar-refractivity contribution in [2.45, 2.75) is 25.9 Å². The molecular formula is C19H21N3O4. The summed E-state index contributed by atoms with van der Waals surface area (Å²) in [6, 6.07) is 7.30. The molecule has 4 rings (SSSR count). The van der Waals surface area contributed by atoms with E-state index < -0.39 is 0 Å². The highest BCUT2D eigenvalue weighted by Gasteiger charge is 2.26. The summed E-state index contributed by atoms with van der Waals surface area (Å²) in [4.78, 5) is 23.1.